The second kappa shape index (κ2) is 13.5. The van der Waals surface area contributed by atoms with Crippen LogP contribution in [0.25, 0.3) is 11.2 Å². The van der Waals surface area contributed by atoms with Crippen molar-refractivity contribution in [2.75, 3.05) is 31.3 Å². The standard InChI is InChI=1S/C22H27F6N5O6P2S/c1-2-3-8-38-14-5-4-6-15(10-14)42-18-16-17(31-19(29)32-18)33(13-30-16)7-9-39-20(40(34,35)11-21(23,24)25)41(36,37)12-22(26,27)28/h4-6,10,13,20H,2-3,7-9,11-12H2,1H3,(H,34,35)(H,36,37)(H2,29,31,32). The van der Waals surface area contributed by atoms with Gasteiger partial charge in [-0.05, 0) is 24.6 Å². The molecule has 20 heteroatoms. The molecule has 42 heavy (non-hydrogen) atoms. The number of hydrogen-bond acceptors (Lipinski definition) is 9. The molecule has 1 aromatic carbocycles. The van der Waals surface area contributed by atoms with E-state index < -0.39 is 58.2 Å². The second-order valence-corrected chi connectivity index (χ2v) is 15.1. The van der Waals surface area contributed by atoms with Gasteiger partial charge in [0.1, 0.15) is 28.6 Å². The minimum atomic E-state index is -5.80. The normalized spacial score (nSPS) is 16.2. The minimum absolute atomic E-state index is 0.102. The molecule has 2 aromatic heterocycles. The molecular weight excluding hydrogens is 638 g/mol. The molecule has 2 unspecified atom stereocenters. The molecule has 0 saturated heterocycles. The van der Waals surface area contributed by atoms with Crippen LogP contribution in [0.4, 0.5) is 32.3 Å². The van der Waals surface area contributed by atoms with Crippen LogP contribution >= 0.6 is 26.5 Å². The van der Waals surface area contributed by atoms with Gasteiger partial charge in [-0.15, -0.1) is 0 Å². The molecule has 4 N–H and O–H groups in total. The van der Waals surface area contributed by atoms with Crippen molar-refractivity contribution in [1.82, 2.24) is 19.5 Å². The van der Waals surface area contributed by atoms with E-state index >= 15 is 0 Å². The van der Waals surface area contributed by atoms with E-state index in [1.807, 2.05) is 6.92 Å². The van der Waals surface area contributed by atoms with E-state index in [1.54, 1.807) is 24.3 Å². The number of ether oxygens (including phenoxy) is 2. The van der Waals surface area contributed by atoms with Gasteiger partial charge in [0, 0.05) is 11.4 Å². The summed E-state index contributed by atoms with van der Waals surface area (Å²) in [4.78, 5) is 33.0. The average Bonchev–Trinajstić information content (AvgIpc) is 3.21. The van der Waals surface area contributed by atoms with E-state index in [2.05, 4.69) is 15.0 Å². The van der Waals surface area contributed by atoms with Crippen molar-refractivity contribution in [2.24, 2.45) is 0 Å². The maximum Gasteiger partial charge on any atom is 0.398 e. The molecule has 0 bridgehead atoms. The van der Waals surface area contributed by atoms with Gasteiger partial charge in [0.15, 0.2) is 5.65 Å². The molecular formula is C22H27F6N5O6P2S. The quantitative estimate of drug-likeness (QED) is 0.0838. The summed E-state index contributed by atoms with van der Waals surface area (Å²) in [7, 11) is -11.6. The molecule has 0 radical (unpaired) electrons. The zero-order valence-electron chi connectivity index (χ0n) is 21.9. The number of rotatable bonds is 14. The first-order valence-electron chi connectivity index (χ1n) is 12.2. The van der Waals surface area contributed by atoms with Crippen LogP contribution in [0, 0.1) is 0 Å². The predicted molar refractivity (Wildman–Crippen MR) is 142 cm³/mol. The van der Waals surface area contributed by atoms with Crippen LogP contribution in [-0.4, -0.2) is 72.8 Å². The lowest BCUT2D eigenvalue weighted by molar-refractivity contribution is -0.108. The molecule has 0 fully saturated rings. The summed E-state index contributed by atoms with van der Waals surface area (Å²) >= 11 is 1.17. The van der Waals surface area contributed by atoms with Crippen LogP contribution in [-0.2, 0) is 20.4 Å². The van der Waals surface area contributed by atoms with Crippen LogP contribution in [0.3, 0.4) is 0 Å². The third-order valence-corrected chi connectivity index (χ3v) is 11.8. The Morgan fingerprint density at radius 3 is 2.29 bits per heavy atom. The van der Waals surface area contributed by atoms with Crippen LogP contribution in [0.15, 0.2) is 40.5 Å². The summed E-state index contributed by atoms with van der Waals surface area (Å²) < 4.78 is 114. The topological polar surface area (TPSA) is 163 Å². The number of fused-ring (bicyclic) bond motifs is 1. The van der Waals surface area contributed by atoms with E-state index in [-0.39, 0.29) is 17.1 Å². The Kier molecular flexibility index (Phi) is 11.0. The number of nitrogens with two attached hydrogens (primary N) is 1. The maximum absolute atomic E-state index is 12.9. The Morgan fingerprint density at radius 1 is 1.05 bits per heavy atom. The SMILES string of the molecule is CCCCOc1cccc(Sc2nc(N)nc3c2ncn3CCOC(P(=O)(O)CC(F)(F)F)P(=O)(O)CC(F)(F)F)c1. The average molecular weight is 665 g/mol. The Balaban J connectivity index is 1.82. The van der Waals surface area contributed by atoms with Crippen LogP contribution in [0.1, 0.15) is 19.8 Å². The number of unbranched alkanes of at least 4 members (excludes halogenated alkanes) is 1. The number of alkyl halides is 6. The summed E-state index contributed by atoms with van der Waals surface area (Å²) in [5.74, 6) is 0.443. The molecule has 3 rings (SSSR count). The van der Waals surface area contributed by atoms with E-state index in [0.29, 0.717) is 17.4 Å². The lowest BCUT2D eigenvalue weighted by atomic mass is 10.3. The van der Waals surface area contributed by atoms with Crippen molar-refractivity contribution in [3.63, 3.8) is 0 Å². The molecule has 0 amide bonds. The predicted octanol–water partition coefficient (Wildman–Crippen LogP) is 5.70. The van der Waals surface area contributed by atoms with Gasteiger partial charge in [0.05, 0.1) is 19.5 Å². The molecule has 0 aliphatic rings. The Labute approximate surface area is 239 Å². The zero-order valence-corrected chi connectivity index (χ0v) is 24.5. The van der Waals surface area contributed by atoms with E-state index in [9.17, 15) is 45.3 Å². The summed E-state index contributed by atoms with van der Waals surface area (Å²) in [6, 6.07) is 7.12. The molecule has 0 saturated carbocycles. The van der Waals surface area contributed by atoms with Crippen molar-refractivity contribution in [3.8, 4) is 5.75 Å². The Bertz CT molecular complexity index is 1440. The number of hydrogen-bond donors (Lipinski definition) is 3. The number of anilines is 1. The third-order valence-electron chi connectivity index (χ3n) is 5.34. The van der Waals surface area contributed by atoms with Crippen molar-refractivity contribution >= 4 is 43.6 Å². The second-order valence-electron chi connectivity index (χ2n) is 9.03. The molecule has 0 aliphatic heterocycles. The first-order valence-corrected chi connectivity index (χ1v) is 16.8. The number of imidazole rings is 1. The fraction of sp³-hybridized carbons (Fsp3) is 0.500. The molecule has 3 aromatic rings. The molecule has 0 aliphatic carbocycles. The number of nitrogens with zero attached hydrogens (tertiary/aromatic N) is 4. The molecule has 2 atom stereocenters. The highest BCUT2D eigenvalue weighted by Gasteiger charge is 2.54. The highest BCUT2D eigenvalue weighted by atomic mass is 32.2. The van der Waals surface area contributed by atoms with Gasteiger partial charge in [-0.1, -0.05) is 31.2 Å². The Hall–Kier alpha value is -2.36. The number of nitrogen functional groups attached to an aromatic ring is 1. The highest BCUT2D eigenvalue weighted by Crippen LogP contribution is 2.67. The van der Waals surface area contributed by atoms with Crippen molar-refractivity contribution in [2.45, 2.75) is 54.2 Å². The number of halogens is 6. The fourth-order valence-electron chi connectivity index (χ4n) is 3.68. The summed E-state index contributed by atoms with van der Waals surface area (Å²) in [6.45, 7) is 1.32. The first kappa shape index (κ1) is 34.1. The molecule has 11 nitrogen and oxygen atoms in total. The van der Waals surface area contributed by atoms with Gasteiger partial charge >= 0.3 is 12.4 Å². The van der Waals surface area contributed by atoms with E-state index in [1.165, 1.54) is 22.7 Å². The number of aromatic nitrogens is 4. The summed E-state index contributed by atoms with van der Waals surface area (Å²) in [5.41, 5.74) is 3.04. The van der Waals surface area contributed by atoms with Gasteiger partial charge in [0.2, 0.25) is 26.3 Å². The third kappa shape index (κ3) is 9.85. The lowest BCUT2D eigenvalue weighted by Crippen LogP contribution is -2.27. The van der Waals surface area contributed by atoms with E-state index in [4.69, 9.17) is 15.2 Å². The van der Waals surface area contributed by atoms with Gasteiger partial charge in [-0.2, -0.15) is 31.3 Å². The largest absolute Gasteiger partial charge is 0.494 e. The first-order chi connectivity index (χ1) is 19.4. The van der Waals surface area contributed by atoms with Crippen molar-refractivity contribution in [3.05, 3.63) is 30.6 Å². The summed E-state index contributed by atoms with van der Waals surface area (Å²) in [5, 5.41) is 0.316. The highest BCUT2D eigenvalue weighted by molar-refractivity contribution is 7.99. The van der Waals surface area contributed by atoms with E-state index in [0.717, 1.165) is 17.7 Å². The minimum Gasteiger partial charge on any atom is -0.494 e. The zero-order chi connectivity index (χ0) is 31.3. The molecule has 2 heterocycles. The van der Waals surface area contributed by atoms with Crippen LogP contribution in [0.5, 0.6) is 5.75 Å². The number of benzene rings is 1. The lowest BCUT2D eigenvalue weighted by Gasteiger charge is -2.28. The summed E-state index contributed by atoms with van der Waals surface area (Å²) in [6.07, 6.45) is -12.7. The van der Waals surface area contributed by atoms with Gasteiger partial charge in [0.25, 0.3) is 0 Å². The van der Waals surface area contributed by atoms with Gasteiger partial charge in [-0.25, -0.2) is 9.97 Å². The van der Waals surface area contributed by atoms with Crippen molar-refractivity contribution < 1.29 is 54.7 Å². The van der Waals surface area contributed by atoms with Crippen molar-refractivity contribution in [1.29, 1.82) is 0 Å². The molecule has 0 spiro atoms. The Morgan fingerprint density at radius 2 is 1.69 bits per heavy atom. The molecule has 234 valence electrons. The smallest absolute Gasteiger partial charge is 0.398 e. The van der Waals surface area contributed by atoms with Gasteiger partial charge in [-0.3, -0.25) is 9.13 Å². The maximum atomic E-state index is 12.9. The van der Waals surface area contributed by atoms with Crippen LogP contribution in [0.2, 0.25) is 0 Å². The monoisotopic (exact) mass is 665 g/mol. The van der Waals surface area contributed by atoms with Gasteiger partial charge < -0.3 is 29.6 Å². The van der Waals surface area contributed by atoms with Crippen LogP contribution < -0.4 is 10.5 Å². The fourth-order valence-corrected chi connectivity index (χ4v) is 9.37.